The van der Waals surface area contributed by atoms with E-state index in [1.165, 1.54) is 0 Å². The highest BCUT2D eigenvalue weighted by atomic mass is 15.0. The van der Waals surface area contributed by atoms with Crippen LogP contribution in [0.2, 0.25) is 0 Å². The molecule has 0 fully saturated rings. The fourth-order valence-electron chi connectivity index (χ4n) is 0.674. The van der Waals surface area contributed by atoms with Crippen LogP contribution in [-0.4, -0.2) is 23.5 Å². The standard InChI is InChI=1S/C8H14N2/c1-4-6-10(7-5-2)8(3)9/h4-5,9H,1-2,6-7H2,3H3/p+1. The molecule has 0 aliphatic heterocycles. The first-order valence-corrected chi connectivity index (χ1v) is 3.28. The quantitative estimate of drug-likeness (QED) is 0.265. The van der Waals surface area contributed by atoms with Gasteiger partial charge in [0.2, 0.25) is 5.84 Å². The molecule has 0 aromatic carbocycles. The fraction of sp³-hybridized carbons (Fsp3) is 0.375. The Morgan fingerprint density at radius 1 is 1.40 bits per heavy atom. The van der Waals surface area contributed by atoms with Crippen LogP contribution in [0, 0.1) is 0 Å². The van der Waals surface area contributed by atoms with Gasteiger partial charge in [-0.3, -0.25) is 10.3 Å². The molecule has 0 aliphatic carbocycles. The zero-order chi connectivity index (χ0) is 7.98. The maximum atomic E-state index is 5.56. The highest BCUT2D eigenvalue weighted by Crippen LogP contribution is 1.78. The van der Waals surface area contributed by atoms with Crippen LogP contribution in [0.4, 0.5) is 0 Å². The van der Waals surface area contributed by atoms with Gasteiger partial charge in [-0.05, 0) is 0 Å². The maximum Gasteiger partial charge on any atom is 0.239 e. The first-order valence-electron chi connectivity index (χ1n) is 3.28. The zero-order valence-corrected chi connectivity index (χ0v) is 6.51. The smallest absolute Gasteiger partial charge is 0.239 e. The van der Waals surface area contributed by atoms with Gasteiger partial charge in [-0.1, -0.05) is 25.3 Å². The van der Waals surface area contributed by atoms with Crippen molar-refractivity contribution in [3.8, 4) is 0 Å². The third-order valence-electron chi connectivity index (χ3n) is 1.20. The number of rotatable bonds is 4. The maximum absolute atomic E-state index is 5.56. The summed E-state index contributed by atoms with van der Waals surface area (Å²) in [7, 11) is 0. The largest absolute Gasteiger partial charge is 0.291 e. The van der Waals surface area contributed by atoms with Crippen LogP contribution in [0.3, 0.4) is 0 Å². The van der Waals surface area contributed by atoms with Crippen LogP contribution >= 0.6 is 0 Å². The molecule has 2 nitrogen and oxygen atoms in total. The lowest BCUT2D eigenvalue weighted by atomic mass is 10.5. The SMILES string of the molecule is C=CC[N+](CC=C)=C(C)N. The molecule has 0 spiro atoms. The summed E-state index contributed by atoms with van der Waals surface area (Å²) in [4.78, 5) is 0. The second-order valence-corrected chi connectivity index (χ2v) is 2.12. The van der Waals surface area contributed by atoms with Crippen LogP contribution in [-0.2, 0) is 0 Å². The Morgan fingerprint density at radius 3 is 2.00 bits per heavy atom. The van der Waals surface area contributed by atoms with E-state index in [2.05, 4.69) is 13.2 Å². The molecule has 0 saturated heterocycles. The van der Waals surface area contributed by atoms with Gasteiger partial charge in [-0.2, -0.15) is 0 Å². The number of hydrogen-bond acceptors (Lipinski definition) is 0. The number of amidine groups is 1. The lowest BCUT2D eigenvalue weighted by molar-refractivity contribution is -0.508. The Hall–Kier alpha value is -1.05. The summed E-state index contributed by atoms with van der Waals surface area (Å²) >= 11 is 0. The Balaban J connectivity index is 4.10. The van der Waals surface area contributed by atoms with Crippen molar-refractivity contribution in [2.45, 2.75) is 6.92 Å². The Kier molecular flexibility index (Phi) is 4.29. The van der Waals surface area contributed by atoms with Crippen LogP contribution < -0.4 is 5.73 Å². The molecule has 0 atom stereocenters. The number of hydrogen-bond donors (Lipinski definition) is 1. The molecule has 2 N–H and O–H groups in total. The number of nitrogens with two attached hydrogens (primary N) is 1. The van der Waals surface area contributed by atoms with E-state index in [4.69, 9.17) is 5.73 Å². The predicted molar refractivity (Wildman–Crippen MR) is 45.3 cm³/mol. The molecule has 10 heavy (non-hydrogen) atoms. The Labute approximate surface area is 62.4 Å². The van der Waals surface area contributed by atoms with Gasteiger partial charge < -0.3 is 0 Å². The predicted octanol–water partition coefficient (Wildman–Crippen LogP) is 0.748. The lowest BCUT2D eigenvalue weighted by Gasteiger charge is -2.00. The van der Waals surface area contributed by atoms with Gasteiger partial charge >= 0.3 is 0 Å². The summed E-state index contributed by atoms with van der Waals surface area (Å²) < 4.78 is 1.99. The van der Waals surface area contributed by atoms with Crippen LogP contribution in [0.25, 0.3) is 0 Å². The lowest BCUT2D eigenvalue weighted by Crippen LogP contribution is -2.25. The van der Waals surface area contributed by atoms with Gasteiger partial charge in [0.25, 0.3) is 0 Å². The van der Waals surface area contributed by atoms with Crippen molar-refractivity contribution >= 4 is 5.84 Å². The first kappa shape index (κ1) is 8.95. The van der Waals surface area contributed by atoms with Crippen molar-refractivity contribution in [2.75, 3.05) is 13.1 Å². The average molecular weight is 139 g/mol. The first-order chi connectivity index (χ1) is 4.72. The molecule has 0 bridgehead atoms. The van der Waals surface area contributed by atoms with Gasteiger partial charge in [0.1, 0.15) is 13.1 Å². The minimum absolute atomic E-state index is 0.786. The zero-order valence-electron chi connectivity index (χ0n) is 6.51. The second kappa shape index (κ2) is 4.79. The second-order valence-electron chi connectivity index (χ2n) is 2.12. The average Bonchev–Trinajstić information content (AvgIpc) is 1.87. The summed E-state index contributed by atoms with van der Waals surface area (Å²) in [6.45, 7) is 10.7. The summed E-state index contributed by atoms with van der Waals surface area (Å²) in [5, 5.41) is 0. The Bertz CT molecular complexity index is 141. The molecule has 0 heterocycles. The van der Waals surface area contributed by atoms with E-state index >= 15 is 0 Å². The summed E-state index contributed by atoms with van der Waals surface area (Å²) in [6, 6.07) is 0. The van der Waals surface area contributed by atoms with Gasteiger partial charge in [-0.25, -0.2) is 0 Å². The minimum Gasteiger partial charge on any atom is -0.291 e. The van der Waals surface area contributed by atoms with Crippen LogP contribution in [0.15, 0.2) is 25.3 Å². The van der Waals surface area contributed by atoms with E-state index in [-0.39, 0.29) is 0 Å². The molecule has 0 amide bonds. The molecule has 56 valence electrons. The number of nitrogens with zero attached hydrogens (tertiary/aromatic N) is 1. The summed E-state index contributed by atoms with van der Waals surface area (Å²) in [5.74, 6) is 0.805. The molecular formula is C8H15N2+. The molecule has 0 unspecified atom stereocenters. The third-order valence-corrected chi connectivity index (χ3v) is 1.20. The molecular weight excluding hydrogens is 124 g/mol. The van der Waals surface area contributed by atoms with Gasteiger partial charge in [0.05, 0.1) is 0 Å². The van der Waals surface area contributed by atoms with Crippen molar-refractivity contribution in [3.63, 3.8) is 0 Å². The molecule has 0 radical (unpaired) electrons. The van der Waals surface area contributed by atoms with E-state index in [9.17, 15) is 0 Å². The molecule has 0 aromatic heterocycles. The van der Waals surface area contributed by atoms with Crippen molar-refractivity contribution < 1.29 is 4.58 Å². The van der Waals surface area contributed by atoms with Crippen molar-refractivity contribution in [1.82, 2.24) is 0 Å². The molecule has 0 aromatic rings. The van der Waals surface area contributed by atoms with Crippen LogP contribution in [0.1, 0.15) is 6.92 Å². The summed E-state index contributed by atoms with van der Waals surface area (Å²) in [6.07, 6.45) is 3.64. The molecule has 0 aliphatic rings. The third kappa shape index (κ3) is 3.07. The van der Waals surface area contributed by atoms with Crippen molar-refractivity contribution in [2.24, 2.45) is 5.73 Å². The highest BCUT2D eigenvalue weighted by Gasteiger charge is 1.96. The molecule has 0 saturated carbocycles. The van der Waals surface area contributed by atoms with Gasteiger partial charge in [0.15, 0.2) is 0 Å². The highest BCUT2D eigenvalue weighted by molar-refractivity contribution is 5.72. The van der Waals surface area contributed by atoms with Crippen molar-refractivity contribution in [1.29, 1.82) is 0 Å². The molecule has 0 rings (SSSR count). The topological polar surface area (TPSA) is 29.0 Å². The van der Waals surface area contributed by atoms with Crippen LogP contribution in [0.5, 0.6) is 0 Å². The normalized spacial score (nSPS) is 8.50. The van der Waals surface area contributed by atoms with Gasteiger partial charge in [0, 0.05) is 6.92 Å². The monoisotopic (exact) mass is 139 g/mol. The van der Waals surface area contributed by atoms with E-state index in [0.29, 0.717) is 0 Å². The Morgan fingerprint density at radius 2 is 1.80 bits per heavy atom. The van der Waals surface area contributed by atoms with Crippen molar-refractivity contribution in [3.05, 3.63) is 25.3 Å². The van der Waals surface area contributed by atoms with E-state index in [0.717, 1.165) is 18.9 Å². The van der Waals surface area contributed by atoms with Gasteiger partial charge in [-0.15, -0.1) is 0 Å². The minimum atomic E-state index is 0.786. The van der Waals surface area contributed by atoms with E-state index in [1.54, 1.807) is 0 Å². The summed E-state index contributed by atoms with van der Waals surface area (Å²) in [5.41, 5.74) is 5.56. The van der Waals surface area contributed by atoms with E-state index < -0.39 is 0 Å². The molecule has 2 heteroatoms. The van der Waals surface area contributed by atoms with E-state index in [1.807, 2.05) is 23.7 Å². The fourth-order valence-corrected chi connectivity index (χ4v) is 0.674.